The van der Waals surface area contributed by atoms with Crippen molar-refractivity contribution in [2.45, 2.75) is 39.3 Å². The van der Waals surface area contributed by atoms with Crippen LogP contribution < -0.4 is 5.73 Å². The second kappa shape index (κ2) is 5.64. The Morgan fingerprint density at radius 1 is 1.47 bits per heavy atom. The summed E-state index contributed by atoms with van der Waals surface area (Å²) in [5, 5.41) is 0. The lowest BCUT2D eigenvalue weighted by Crippen LogP contribution is -2.36. The highest BCUT2D eigenvalue weighted by molar-refractivity contribution is 7.12. The second-order valence-corrected chi connectivity index (χ2v) is 5.44. The van der Waals surface area contributed by atoms with Gasteiger partial charge in [0, 0.05) is 22.3 Å². The van der Waals surface area contributed by atoms with Crippen LogP contribution in [0.2, 0.25) is 0 Å². The van der Waals surface area contributed by atoms with E-state index in [1.54, 1.807) is 0 Å². The SMILES string of the molecule is CCC(C)N(C)C(CN)c1ccc(C)s1. The van der Waals surface area contributed by atoms with E-state index < -0.39 is 0 Å². The lowest BCUT2D eigenvalue weighted by Gasteiger charge is -2.31. The molecule has 0 aliphatic rings. The number of rotatable bonds is 5. The van der Waals surface area contributed by atoms with Crippen LogP contribution in [0.5, 0.6) is 0 Å². The zero-order valence-electron chi connectivity index (χ0n) is 10.2. The predicted octanol–water partition coefficient (Wildman–Crippen LogP) is 2.79. The summed E-state index contributed by atoms with van der Waals surface area (Å²) in [6, 6.07) is 5.34. The Morgan fingerprint density at radius 2 is 2.13 bits per heavy atom. The minimum atomic E-state index is 0.374. The van der Waals surface area contributed by atoms with Gasteiger partial charge in [-0.25, -0.2) is 0 Å². The lowest BCUT2D eigenvalue weighted by atomic mass is 10.1. The molecule has 0 radical (unpaired) electrons. The third kappa shape index (κ3) is 3.03. The molecule has 2 unspecified atom stereocenters. The Kier molecular flexibility index (Phi) is 4.77. The smallest absolute Gasteiger partial charge is 0.0564 e. The van der Waals surface area contributed by atoms with Crippen molar-refractivity contribution in [2.24, 2.45) is 5.73 Å². The molecule has 0 aromatic carbocycles. The molecule has 0 amide bonds. The molecule has 3 heteroatoms. The van der Waals surface area contributed by atoms with E-state index >= 15 is 0 Å². The van der Waals surface area contributed by atoms with Crippen LogP contribution in [-0.4, -0.2) is 24.5 Å². The first-order valence-corrected chi connectivity index (χ1v) is 6.40. The van der Waals surface area contributed by atoms with Crippen LogP contribution in [0.25, 0.3) is 0 Å². The maximum absolute atomic E-state index is 5.87. The van der Waals surface area contributed by atoms with Gasteiger partial charge in [-0.15, -0.1) is 11.3 Å². The fourth-order valence-electron chi connectivity index (χ4n) is 1.71. The summed E-state index contributed by atoms with van der Waals surface area (Å²) < 4.78 is 0. The van der Waals surface area contributed by atoms with Crippen LogP contribution in [0.3, 0.4) is 0 Å². The van der Waals surface area contributed by atoms with E-state index in [4.69, 9.17) is 5.73 Å². The summed E-state index contributed by atoms with van der Waals surface area (Å²) in [5.74, 6) is 0. The van der Waals surface area contributed by atoms with Gasteiger partial charge in [-0.2, -0.15) is 0 Å². The average Bonchev–Trinajstić information content (AvgIpc) is 2.64. The number of likely N-dealkylation sites (N-methyl/N-ethyl adjacent to an activating group) is 1. The van der Waals surface area contributed by atoms with Crippen molar-refractivity contribution < 1.29 is 0 Å². The van der Waals surface area contributed by atoms with E-state index in [9.17, 15) is 0 Å². The summed E-state index contributed by atoms with van der Waals surface area (Å²) >= 11 is 1.85. The van der Waals surface area contributed by atoms with Crippen molar-refractivity contribution >= 4 is 11.3 Å². The van der Waals surface area contributed by atoms with Crippen molar-refractivity contribution in [1.82, 2.24) is 4.90 Å². The molecule has 2 atom stereocenters. The topological polar surface area (TPSA) is 29.3 Å². The predicted molar refractivity (Wildman–Crippen MR) is 68.4 cm³/mol. The molecular weight excluding hydrogens is 204 g/mol. The molecular formula is C12H22N2S. The van der Waals surface area contributed by atoms with E-state index in [2.05, 4.69) is 44.9 Å². The zero-order chi connectivity index (χ0) is 11.4. The monoisotopic (exact) mass is 226 g/mol. The number of aryl methyl sites for hydroxylation is 1. The highest BCUT2D eigenvalue weighted by atomic mass is 32.1. The van der Waals surface area contributed by atoms with Gasteiger partial charge in [-0.1, -0.05) is 6.92 Å². The quantitative estimate of drug-likeness (QED) is 0.836. The molecule has 1 aromatic heterocycles. The van der Waals surface area contributed by atoms with Crippen molar-refractivity contribution in [3.05, 3.63) is 21.9 Å². The van der Waals surface area contributed by atoms with Crippen LogP contribution in [0, 0.1) is 6.92 Å². The van der Waals surface area contributed by atoms with Crippen LogP contribution in [0.15, 0.2) is 12.1 Å². The van der Waals surface area contributed by atoms with Crippen LogP contribution in [0.1, 0.15) is 36.1 Å². The lowest BCUT2D eigenvalue weighted by molar-refractivity contribution is 0.187. The van der Waals surface area contributed by atoms with Gasteiger partial charge in [0.05, 0.1) is 6.04 Å². The van der Waals surface area contributed by atoms with Crippen molar-refractivity contribution in [1.29, 1.82) is 0 Å². The normalized spacial score (nSPS) is 15.6. The third-order valence-corrected chi connectivity index (χ3v) is 4.19. The van der Waals surface area contributed by atoms with Crippen molar-refractivity contribution in [3.63, 3.8) is 0 Å². The Hall–Kier alpha value is -0.380. The molecule has 1 aromatic rings. The molecule has 0 saturated carbocycles. The van der Waals surface area contributed by atoms with Crippen LogP contribution in [-0.2, 0) is 0 Å². The molecule has 1 heterocycles. The largest absolute Gasteiger partial charge is 0.329 e. The first-order valence-electron chi connectivity index (χ1n) is 5.58. The van der Waals surface area contributed by atoms with Crippen LogP contribution in [0.4, 0.5) is 0 Å². The number of hydrogen-bond donors (Lipinski definition) is 1. The summed E-state index contributed by atoms with van der Waals surface area (Å²) in [7, 11) is 2.17. The Labute approximate surface area is 97.1 Å². The van der Waals surface area contributed by atoms with Gasteiger partial charge in [0.2, 0.25) is 0 Å². The zero-order valence-corrected chi connectivity index (χ0v) is 11.0. The van der Waals surface area contributed by atoms with Crippen molar-refractivity contribution in [3.8, 4) is 0 Å². The minimum Gasteiger partial charge on any atom is -0.329 e. The number of thiophene rings is 1. The Morgan fingerprint density at radius 3 is 2.53 bits per heavy atom. The Balaban J connectivity index is 2.79. The van der Waals surface area contributed by atoms with Gasteiger partial charge in [0.25, 0.3) is 0 Å². The molecule has 1 rings (SSSR count). The fraction of sp³-hybridized carbons (Fsp3) is 0.667. The molecule has 0 fully saturated rings. The van der Waals surface area contributed by atoms with Gasteiger partial charge in [0.1, 0.15) is 0 Å². The van der Waals surface area contributed by atoms with E-state index in [-0.39, 0.29) is 0 Å². The van der Waals surface area contributed by atoms with Gasteiger partial charge in [0.15, 0.2) is 0 Å². The van der Waals surface area contributed by atoms with E-state index in [0.717, 1.165) is 6.42 Å². The highest BCUT2D eigenvalue weighted by Gasteiger charge is 2.20. The van der Waals surface area contributed by atoms with Gasteiger partial charge < -0.3 is 5.73 Å². The van der Waals surface area contributed by atoms with E-state index in [1.807, 2.05) is 11.3 Å². The molecule has 2 nitrogen and oxygen atoms in total. The molecule has 0 bridgehead atoms. The van der Waals surface area contributed by atoms with Gasteiger partial charge in [-0.05, 0) is 39.4 Å². The molecule has 86 valence electrons. The molecule has 15 heavy (non-hydrogen) atoms. The maximum atomic E-state index is 5.87. The van der Waals surface area contributed by atoms with Crippen molar-refractivity contribution in [2.75, 3.05) is 13.6 Å². The molecule has 2 N–H and O–H groups in total. The average molecular weight is 226 g/mol. The summed E-state index contributed by atoms with van der Waals surface area (Å²) in [6.45, 7) is 7.31. The maximum Gasteiger partial charge on any atom is 0.0564 e. The number of nitrogens with two attached hydrogens (primary N) is 1. The minimum absolute atomic E-state index is 0.374. The first kappa shape index (κ1) is 12.7. The van der Waals surface area contributed by atoms with Gasteiger partial charge in [-0.3, -0.25) is 4.90 Å². The highest BCUT2D eigenvalue weighted by Crippen LogP contribution is 2.27. The summed E-state index contributed by atoms with van der Waals surface area (Å²) in [5.41, 5.74) is 5.87. The van der Waals surface area contributed by atoms with E-state index in [0.29, 0.717) is 18.6 Å². The third-order valence-electron chi connectivity index (χ3n) is 3.09. The van der Waals surface area contributed by atoms with E-state index in [1.165, 1.54) is 9.75 Å². The summed E-state index contributed by atoms with van der Waals surface area (Å²) in [4.78, 5) is 5.13. The summed E-state index contributed by atoms with van der Waals surface area (Å²) in [6.07, 6.45) is 1.16. The molecule has 0 spiro atoms. The second-order valence-electron chi connectivity index (χ2n) is 4.12. The van der Waals surface area contributed by atoms with Gasteiger partial charge >= 0.3 is 0 Å². The standard InChI is InChI=1S/C12H22N2S/c1-5-9(2)14(4)11(8-13)12-7-6-10(3)15-12/h6-7,9,11H,5,8,13H2,1-4H3. The number of nitrogens with zero attached hydrogens (tertiary/aromatic N) is 1. The molecule has 0 aliphatic heterocycles. The Bertz CT molecular complexity index is 296. The number of hydrogen-bond acceptors (Lipinski definition) is 3. The first-order chi connectivity index (χ1) is 7.10. The fourth-order valence-corrected chi connectivity index (χ4v) is 2.75. The molecule has 0 aliphatic carbocycles. The van der Waals surface area contributed by atoms with Crippen LogP contribution >= 0.6 is 11.3 Å². The molecule has 0 saturated heterocycles.